The molecule has 9 nitrogen and oxygen atoms in total. The van der Waals surface area contributed by atoms with E-state index in [0.717, 1.165) is 12.1 Å². The van der Waals surface area contributed by atoms with Crippen LogP contribution in [0.15, 0.2) is 29.2 Å². The summed E-state index contributed by atoms with van der Waals surface area (Å²) in [7, 11) is -4.06. The van der Waals surface area contributed by atoms with E-state index in [1.165, 1.54) is 28.8 Å². The average Bonchev–Trinajstić information content (AvgIpc) is 2.48. The highest BCUT2D eigenvalue weighted by molar-refractivity contribution is 7.99. The number of benzene rings is 1. The molecule has 2 rings (SSSR count). The van der Waals surface area contributed by atoms with Crippen LogP contribution in [0.5, 0.6) is 0 Å². The molecule has 0 bridgehead atoms. The van der Waals surface area contributed by atoms with E-state index in [0.29, 0.717) is 12.3 Å². The van der Waals surface area contributed by atoms with Crippen LogP contribution in [0.3, 0.4) is 0 Å². The van der Waals surface area contributed by atoms with Gasteiger partial charge in [-0.2, -0.15) is 11.8 Å². The van der Waals surface area contributed by atoms with Gasteiger partial charge in [0.15, 0.2) is 4.90 Å². The van der Waals surface area contributed by atoms with Gasteiger partial charge in [0, 0.05) is 31.5 Å². The smallest absolute Gasteiger partial charge is 0.289 e. The standard InChI is InChI=1S/C12H17N3O6S2/c16-12(17)9-22-8-7-14(12)6-5-13-23(20,21)11-4-2-1-3-10(11)15(18)19/h1-4,13,16-17H,5-9H2. The lowest BCUT2D eigenvalue weighted by atomic mass is 10.3. The van der Waals surface area contributed by atoms with Gasteiger partial charge in [-0.1, -0.05) is 12.1 Å². The fourth-order valence-corrected chi connectivity index (χ4v) is 4.31. The maximum atomic E-state index is 12.2. The Bertz CT molecular complexity index is 679. The zero-order chi connectivity index (χ0) is 17.1. The second kappa shape index (κ2) is 7.11. The molecule has 1 aromatic carbocycles. The molecule has 3 N–H and O–H groups in total. The van der Waals surface area contributed by atoms with Crippen molar-refractivity contribution < 1.29 is 23.6 Å². The Labute approximate surface area is 137 Å². The molecule has 23 heavy (non-hydrogen) atoms. The first-order valence-corrected chi connectivity index (χ1v) is 9.38. The zero-order valence-electron chi connectivity index (χ0n) is 12.1. The van der Waals surface area contributed by atoms with Gasteiger partial charge in [-0.25, -0.2) is 18.0 Å². The molecule has 0 atom stereocenters. The first-order valence-electron chi connectivity index (χ1n) is 6.75. The molecular weight excluding hydrogens is 346 g/mol. The lowest BCUT2D eigenvalue weighted by Crippen LogP contribution is -2.56. The number of nitrogens with one attached hydrogen (secondary N) is 1. The molecule has 128 valence electrons. The molecule has 1 aliphatic heterocycles. The largest absolute Gasteiger partial charge is 0.353 e. The van der Waals surface area contributed by atoms with Gasteiger partial charge >= 0.3 is 0 Å². The Morgan fingerprint density at radius 3 is 2.74 bits per heavy atom. The molecule has 1 saturated heterocycles. The zero-order valence-corrected chi connectivity index (χ0v) is 13.7. The Morgan fingerprint density at radius 2 is 2.09 bits per heavy atom. The van der Waals surface area contributed by atoms with Gasteiger partial charge < -0.3 is 10.2 Å². The van der Waals surface area contributed by atoms with Crippen molar-refractivity contribution in [2.75, 3.05) is 31.1 Å². The normalized spacial score (nSPS) is 18.7. The van der Waals surface area contributed by atoms with E-state index < -0.39 is 31.4 Å². The van der Waals surface area contributed by atoms with Gasteiger partial charge in [0.25, 0.3) is 5.69 Å². The number of nitrogens with zero attached hydrogens (tertiary/aromatic N) is 2. The first-order chi connectivity index (χ1) is 10.7. The Balaban J connectivity index is 2.04. The Hall–Kier alpha value is -1.24. The molecule has 0 amide bonds. The number of hydrogen-bond donors (Lipinski definition) is 3. The monoisotopic (exact) mass is 363 g/mol. The minimum Gasteiger partial charge on any atom is -0.353 e. The summed E-state index contributed by atoms with van der Waals surface area (Å²) in [6, 6.07) is 5.05. The highest BCUT2D eigenvalue weighted by Crippen LogP contribution is 2.23. The van der Waals surface area contributed by atoms with Crippen molar-refractivity contribution in [2.24, 2.45) is 0 Å². The maximum Gasteiger partial charge on any atom is 0.289 e. The third kappa shape index (κ3) is 4.40. The van der Waals surface area contributed by atoms with Crippen LogP contribution in [0.2, 0.25) is 0 Å². The van der Waals surface area contributed by atoms with Crippen LogP contribution in [-0.4, -0.2) is 65.5 Å². The van der Waals surface area contributed by atoms with E-state index in [2.05, 4.69) is 4.72 Å². The number of hydrogen-bond acceptors (Lipinski definition) is 8. The number of para-hydroxylation sites is 1. The highest BCUT2D eigenvalue weighted by atomic mass is 32.2. The summed E-state index contributed by atoms with van der Waals surface area (Å²) in [6.07, 6.45) is 0. The fourth-order valence-electron chi connectivity index (χ4n) is 2.17. The summed E-state index contributed by atoms with van der Waals surface area (Å²) >= 11 is 1.39. The molecule has 1 aromatic rings. The number of nitro benzene ring substituents is 1. The van der Waals surface area contributed by atoms with E-state index >= 15 is 0 Å². The molecule has 0 spiro atoms. The summed E-state index contributed by atoms with van der Waals surface area (Å²) in [4.78, 5) is 11.1. The molecular formula is C12H17N3O6S2. The predicted octanol–water partition coefficient (Wildman–Crippen LogP) is -0.440. The fraction of sp³-hybridized carbons (Fsp3) is 0.500. The third-order valence-corrected chi connectivity index (χ3v) is 5.90. The van der Waals surface area contributed by atoms with Crippen LogP contribution in [0.25, 0.3) is 0 Å². The minimum absolute atomic E-state index is 0.0768. The van der Waals surface area contributed by atoms with Crippen molar-refractivity contribution >= 4 is 27.5 Å². The molecule has 0 saturated carbocycles. The molecule has 1 aliphatic rings. The summed E-state index contributed by atoms with van der Waals surface area (Å²) in [5, 5.41) is 30.5. The number of nitro groups is 1. The highest BCUT2D eigenvalue weighted by Gasteiger charge is 2.35. The molecule has 0 aliphatic carbocycles. The van der Waals surface area contributed by atoms with E-state index in [4.69, 9.17) is 0 Å². The summed E-state index contributed by atoms with van der Waals surface area (Å²) in [5.41, 5.74) is -0.506. The number of thioether (sulfide) groups is 1. The van der Waals surface area contributed by atoms with Gasteiger partial charge in [-0.15, -0.1) is 0 Å². The first kappa shape index (κ1) is 18.1. The molecule has 0 unspecified atom stereocenters. The Kier molecular flexibility index (Phi) is 5.60. The van der Waals surface area contributed by atoms with Crippen LogP contribution in [0.4, 0.5) is 5.69 Å². The van der Waals surface area contributed by atoms with Gasteiger partial charge in [0.1, 0.15) is 0 Å². The topological polar surface area (TPSA) is 133 Å². The van der Waals surface area contributed by atoms with E-state index in [9.17, 15) is 28.7 Å². The van der Waals surface area contributed by atoms with Crippen molar-refractivity contribution in [2.45, 2.75) is 10.8 Å². The van der Waals surface area contributed by atoms with Gasteiger partial charge in [0.05, 0.1) is 10.7 Å². The van der Waals surface area contributed by atoms with Crippen molar-refractivity contribution in [1.82, 2.24) is 9.62 Å². The van der Waals surface area contributed by atoms with Crippen molar-refractivity contribution in [3.05, 3.63) is 34.4 Å². The van der Waals surface area contributed by atoms with Crippen LogP contribution < -0.4 is 4.72 Å². The second-order valence-corrected chi connectivity index (χ2v) is 7.78. The molecule has 1 heterocycles. The van der Waals surface area contributed by atoms with Crippen molar-refractivity contribution in [3.8, 4) is 0 Å². The number of aliphatic hydroxyl groups is 2. The maximum absolute atomic E-state index is 12.2. The van der Waals surface area contributed by atoms with E-state index in [-0.39, 0.29) is 18.8 Å². The summed E-state index contributed by atoms with van der Waals surface area (Å²) in [6.45, 7) is 0.389. The third-order valence-electron chi connectivity index (χ3n) is 3.33. The SMILES string of the molecule is O=[N+]([O-])c1ccccc1S(=O)(=O)NCCN1CCSCC1(O)O. The lowest BCUT2D eigenvalue weighted by molar-refractivity contribution is -0.387. The van der Waals surface area contributed by atoms with Crippen molar-refractivity contribution in [3.63, 3.8) is 0 Å². The van der Waals surface area contributed by atoms with Gasteiger partial charge in [0.2, 0.25) is 15.9 Å². The van der Waals surface area contributed by atoms with E-state index in [1.54, 1.807) is 0 Å². The predicted molar refractivity (Wildman–Crippen MR) is 84.4 cm³/mol. The lowest BCUT2D eigenvalue weighted by Gasteiger charge is -2.38. The molecule has 11 heteroatoms. The van der Waals surface area contributed by atoms with Crippen LogP contribution >= 0.6 is 11.8 Å². The van der Waals surface area contributed by atoms with E-state index in [1.807, 2.05) is 0 Å². The average molecular weight is 363 g/mol. The number of rotatable bonds is 6. The molecule has 0 aromatic heterocycles. The van der Waals surface area contributed by atoms with Crippen LogP contribution in [0.1, 0.15) is 0 Å². The van der Waals surface area contributed by atoms with Gasteiger partial charge in [-0.3, -0.25) is 10.1 Å². The Morgan fingerprint density at radius 1 is 1.39 bits per heavy atom. The quantitative estimate of drug-likeness (QED) is 0.352. The number of sulfonamides is 1. The van der Waals surface area contributed by atoms with Gasteiger partial charge in [-0.05, 0) is 6.07 Å². The van der Waals surface area contributed by atoms with Crippen LogP contribution in [0, 0.1) is 10.1 Å². The van der Waals surface area contributed by atoms with Crippen molar-refractivity contribution in [1.29, 1.82) is 0 Å². The summed E-state index contributed by atoms with van der Waals surface area (Å²) in [5.74, 6) is -1.16. The molecule has 1 fully saturated rings. The second-order valence-electron chi connectivity index (χ2n) is 4.94. The molecule has 0 radical (unpaired) electrons. The van der Waals surface area contributed by atoms with Crippen LogP contribution in [-0.2, 0) is 10.0 Å². The minimum atomic E-state index is -4.06. The summed E-state index contributed by atoms with van der Waals surface area (Å²) < 4.78 is 26.6.